The van der Waals surface area contributed by atoms with Crippen LogP contribution in [-0.4, -0.2) is 44.1 Å². The van der Waals surface area contributed by atoms with Crippen molar-refractivity contribution in [2.45, 2.75) is 12.7 Å². The molecule has 1 saturated heterocycles. The van der Waals surface area contributed by atoms with Gasteiger partial charge in [0.1, 0.15) is 5.75 Å². The van der Waals surface area contributed by atoms with Crippen LogP contribution >= 0.6 is 0 Å². The van der Waals surface area contributed by atoms with E-state index in [2.05, 4.69) is 9.80 Å². The molecule has 5 nitrogen and oxygen atoms in total. The fourth-order valence-corrected chi connectivity index (χ4v) is 4.20. The molecule has 178 valence electrons. The van der Waals surface area contributed by atoms with Crippen molar-refractivity contribution in [1.82, 2.24) is 4.90 Å². The fourth-order valence-electron chi connectivity index (χ4n) is 4.20. The molecule has 8 heteroatoms. The van der Waals surface area contributed by atoms with Crippen LogP contribution in [0.5, 0.6) is 5.75 Å². The third-order valence-corrected chi connectivity index (χ3v) is 6.06. The van der Waals surface area contributed by atoms with Crippen molar-refractivity contribution < 1.29 is 22.7 Å². The molecular weight excluding hydrogens is 443 g/mol. The SMILES string of the molecule is COc1ccc(C(N)=O)cc1N1CCN(Cc2cccc(-c3ccc(C(F)(F)F)cc3)c2)CC1. The number of rotatable bonds is 6. The first-order chi connectivity index (χ1) is 16.2. The normalized spacial score (nSPS) is 14.8. The number of nitrogens with zero attached hydrogens (tertiary/aromatic N) is 2. The number of amides is 1. The Balaban J connectivity index is 1.41. The standard InChI is InChI=1S/C26H26F3N3O2/c1-34-24-10-7-21(25(30)33)16-23(24)32-13-11-31(12-14-32)17-18-3-2-4-20(15-18)19-5-8-22(9-6-19)26(27,28)29/h2-10,15-16H,11-14,17H2,1H3,(H2,30,33). The molecular formula is C26H26F3N3O2. The average molecular weight is 470 g/mol. The Morgan fingerprint density at radius 1 is 0.941 bits per heavy atom. The number of carbonyl (C=O) groups is 1. The van der Waals surface area contributed by atoms with Crippen LogP contribution in [0.3, 0.4) is 0 Å². The molecule has 3 aromatic rings. The number of anilines is 1. The van der Waals surface area contributed by atoms with Gasteiger partial charge < -0.3 is 15.4 Å². The van der Waals surface area contributed by atoms with E-state index >= 15 is 0 Å². The Labute approximate surface area is 196 Å². The van der Waals surface area contributed by atoms with Gasteiger partial charge in [-0.3, -0.25) is 9.69 Å². The smallest absolute Gasteiger partial charge is 0.416 e. The highest BCUT2D eigenvalue weighted by Gasteiger charge is 2.30. The summed E-state index contributed by atoms with van der Waals surface area (Å²) >= 11 is 0. The minimum Gasteiger partial charge on any atom is -0.495 e. The van der Waals surface area contributed by atoms with Crippen molar-refractivity contribution in [2.24, 2.45) is 5.73 Å². The summed E-state index contributed by atoms with van der Waals surface area (Å²) < 4.78 is 44.0. The lowest BCUT2D eigenvalue weighted by Gasteiger charge is -2.36. The lowest BCUT2D eigenvalue weighted by Crippen LogP contribution is -2.46. The number of ether oxygens (including phenoxy) is 1. The van der Waals surface area contributed by atoms with Crippen LogP contribution in [0.4, 0.5) is 18.9 Å². The Morgan fingerprint density at radius 3 is 2.26 bits per heavy atom. The molecule has 0 radical (unpaired) electrons. The number of alkyl halides is 3. The molecule has 4 rings (SSSR count). The minimum absolute atomic E-state index is 0.443. The van der Waals surface area contributed by atoms with Crippen LogP contribution in [-0.2, 0) is 12.7 Å². The second-order valence-electron chi connectivity index (χ2n) is 8.29. The van der Waals surface area contributed by atoms with E-state index in [4.69, 9.17) is 10.5 Å². The van der Waals surface area contributed by atoms with Crippen LogP contribution in [0.15, 0.2) is 66.7 Å². The van der Waals surface area contributed by atoms with E-state index in [1.54, 1.807) is 25.3 Å². The molecule has 1 amide bonds. The maximum absolute atomic E-state index is 12.8. The van der Waals surface area contributed by atoms with Crippen LogP contribution in [0.25, 0.3) is 11.1 Å². The van der Waals surface area contributed by atoms with Crippen molar-refractivity contribution >= 4 is 11.6 Å². The predicted octanol–water partition coefficient (Wildman–Crippen LogP) is 4.80. The van der Waals surface area contributed by atoms with Crippen molar-refractivity contribution in [3.63, 3.8) is 0 Å². The third-order valence-electron chi connectivity index (χ3n) is 6.06. The number of methoxy groups -OCH3 is 1. The number of nitrogens with two attached hydrogens (primary N) is 1. The van der Waals surface area contributed by atoms with Crippen LogP contribution in [0.2, 0.25) is 0 Å². The van der Waals surface area contributed by atoms with Crippen molar-refractivity contribution in [3.8, 4) is 16.9 Å². The summed E-state index contributed by atoms with van der Waals surface area (Å²) in [5, 5.41) is 0. The Hall–Kier alpha value is -3.52. The summed E-state index contributed by atoms with van der Waals surface area (Å²) in [7, 11) is 1.60. The number of hydrogen-bond donors (Lipinski definition) is 1. The van der Waals surface area contributed by atoms with Crippen molar-refractivity contribution in [3.05, 3.63) is 83.4 Å². The van der Waals surface area contributed by atoms with E-state index in [1.165, 1.54) is 12.1 Å². The second-order valence-corrected chi connectivity index (χ2v) is 8.29. The van der Waals surface area contributed by atoms with Crippen LogP contribution in [0.1, 0.15) is 21.5 Å². The molecule has 0 saturated carbocycles. The molecule has 0 aliphatic carbocycles. The zero-order valence-corrected chi connectivity index (χ0v) is 18.8. The monoisotopic (exact) mass is 469 g/mol. The van der Waals surface area contributed by atoms with Gasteiger partial charge >= 0.3 is 6.18 Å². The zero-order chi connectivity index (χ0) is 24.3. The van der Waals surface area contributed by atoms with Gasteiger partial charge in [0, 0.05) is 38.3 Å². The maximum Gasteiger partial charge on any atom is 0.416 e. The summed E-state index contributed by atoms with van der Waals surface area (Å²) in [4.78, 5) is 16.1. The Bertz CT molecular complexity index is 1150. The van der Waals surface area contributed by atoms with Gasteiger partial charge in [0.2, 0.25) is 5.91 Å². The number of halogens is 3. The topological polar surface area (TPSA) is 58.8 Å². The number of primary amides is 1. The van der Waals surface area contributed by atoms with Gasteiger partial charge in [-0.15, -0.1) is 0 Å². The van der Waals surface area contributed by atoms with Gasteiger partial charge in [0.15, 0.2) is 0 Å². The highest BCUT2D eigenvalue weighted by molar-refractivity contribution is 5.94. The van der Waals surface area contributed by atoms with Crippen LogP contribution in [0, 0.1) is 0 Å². The van der Waals surface area contributed by atoms with Gasteiger partial charge in [-0.05, 0) is 53.1 Å². The van der Waals surface area contributed by atoms with Gasteiger partial charge in [0.25, 0.3) is 0 Å². The lowest BCUT2D eigenvalue weighted by molar-refractivity contribution is -0.137. The first kappa shape index (κ1) is 23.6. The molecule has 0 aromatic heterocycles. The van der Waals surface area contributed by atoms with E-state index in [1.807, 2.05) is 24.3 Å². The molecule has 0 spiro atoms. The third kappa shape index (κ3) is 5.34. The van der Waals surface area contributed by atoms with Crippen LogP contribution < -0.4 is 15.4 Å². The summed E-state index contributed by atoms with van der Waals surface area (Å²) in [5.41, 5.74) is 8.81. The highest BCUT2D eigenvalue weighted by Crippen LogP contribution is 2.32. The van der Waals surface area contributed by atoms with Crippen molar-refractivity contribution in [1.29, 1.82) is 0 Å². The summed E-state index contributed by atoms with van der Waals surface area (Å²) in [6, 6.07) is 18.3. The van der Waals surface area contributed by atoms with Gasteiger partial charge in [-0.2, -0.15) is 13.2 Å². The predicted molar refractivity (Wildman–Crippen MR) is 126 cm³/mol. The molecule has 0 bridgehead atoms. The molecule has 1 aliphatic rings. The van der Waals surface area contributed by atoms with Gasteiger partial charge in [0.05, 0.1) is 18.4 Å². The second kappa shape index (κ2) is 9.77. The number of benzene rings is 3. The maximum atomic E-state index is 12.8. The average Bonchev–Trinajstić information content (AvgIpc) is 2.84. The molecule has 3 aromatic carbocycles. The molecule has 34 heavy (non-hydrogen) atoms. The number of carbonyl (C=O) groups excluding carboxylic acids is 1. The molecule has 2 N–H and O–H groups in total. The Kier molecular flexibility index (Phi) is 6.79. The Morgan fingerprint density at radius 2 is 1.65 bits per heavy atom. The molecule has 1 aliphatic heterocycles. The fraction of sp³-hybridized carbons (Fsp3) is 0.269. The summed E-state index contributed by atoms with van der Waals surface area (Å²) in [5.74, 6) is 0.221. The lowest BCUT2D eigenvalue weighted by atomic mass is 10.0. The highest BCUT2D eigenvalue weighted by atomic mass is 19.4. The number of piperazine rings is 1. The molecule has 1 fully saturated rings. The van der Waals surface area contributed by atoms with Gasteiger partial charge in [-0.25, -0.2) is 0 Å². The summed E-state index contributed by atoms with van der Waals surface area (Å²) in [6.45, 7) is 3.89. The van der Waals surface area contributed by atoms with E-state index < -0.39 is 17.6 Å². The zero-order valence-electron chi connectivity index (χ0n) is 18.8. The van der Waals surface area contributed by atoms with E-state index in [0.29, 0.717) is 11.3 Å². The van der Waals surface area contributed by atoms with E-state index in [-0.39, 0.29) is 0 Å². The van der Waals surface area contributed by atoms with E-state index in [0.717, 1.165) is 67.2 Å². The molecule has 1 heterocycles. The minimum atomic E-state index is -4.34. The molecule has 0 unspecified atom stereocenters. The van der Waals surface area contributed by atoms with E-state index in [9.17, 15) is 18.0 Å². The van der Waals surface area contributed by atoms with Crippen molar-refractivity contribution in [2.75, 3.05) is 38.2 Å². The quantitative estimate of drug-likeness (QED) is 0.563. The first-order valence-electron chi connectivity index (χ1n) is 11.0. The van der Waals surface area contributed by atoms with Gasteiger partial charge in [-0.1, -0.05) is 30.3 Å². The first-order valence-corrected chi connectivity index (χ1v) is 11.0. The number of hydrogen-bond acceptors (Lipinski definition) is 4. The largest absolute Gasteiger partial charge is 0.495 e. The molecule has 0 atom stereocenters. The summed E-state index contributed by atoms with van der Waals surface area (Å²) in [6.07, 6.45) is -4.34.